The van der Waals surface area contributed by atoms with Crippen molar-refractivity contribution in [1.82, 2.24) is 0 Å². The number of rotatable bonds is 22. The van der Waals surface area contributed by atoms with Gasteiger partial charge in [-0.3, -0.25) is 43.2 Å². The van der Waals surface area contributed by atoms with E-state index in [0.717, 1.165) is 39.0 Å². The highest BCUT2D eigenvalue weighted by atomic mass is 16.6. The van der Waals surface area contributed by atoms with Gasteiger partial charge < -0.3 is 33.2 Å². The van der Waals surface area contributed by atoms with Gasteiger partial charge in [0.2, 0.25) is 5.78 Å². The maximum Gasteiger partial charge on any atom is 0.374 e. The molecule has 0 aliphatic heterocycles. The molecule has 8 rings (SSSR count). The van der Waals surface area contributed by atoms with Crippen LogP contribution >= 0.6 is 0 Å². The molecule has 0 saturated heterocycles. The Morgan fingerprint density at radius 2 is 0.732 bits per heavy atom. The van der Waals surface area contributed by atoms with Gasteiger partial charge in [-0.15, -0.1) is 0 Å². The van der Waals surface area contributed by atoms with Gasteiger partial charge in [0.1, 0.15) is 90.0 Å². The molecular formula is C52H70O19. The van der Waals surface area contributed by atoms with Crippen molar-refractivity contribution in [2.24, 2.45) is 17.8 Å². The highest BCUT2D eigenvalue weighted by Crippen LogP contribution is 2.64. The Morgan fingerprint density at radius 1 is 0.408 bits per heavy atom. The van der Waals surface area contributed by atoms with Crippen LogP contribution in [0.25, 0.3) is 0 Å². The Labute approximate surface area is 414 Å². The molecule has 19 heteroatoms. The molecule has 8 saturated carbocycles. The van der Waals surface area contributed by atoms with Crippen molar-refractivity contribution in [2.75, 3.05) is 13.2 Å². The number of Topliss-reactive ketones (excluding diaryl/α,β-unsaturated/α-hetero) is 5. The summed E-state index contributed by atoms with van der Waals surface area (Å²) in [5.74, 6) is -4.97. The predicted octanol–water partition coefficient (Wildman–Crippen LogP) is 5.89. The highest BCUT2D eigenvalue weighted by molar-refractivity contribution is 6.32. The van der Waals surface area contributed by atoms with Gasteiger partial charge >= 0.3 is 41.8 Å². The number of ketones is 5. The van der Waals surface area contributed by atoms with Gasteiger partial charge in [0.05, 0.1) is 0 Å². The van der Waals surface area contributed by atoms with Crippen LogP contribution in [0.3, 0.4) is 0 Å². The lowest BCUT2D eigenvalue weighted by Crippen LogP contribution is -2.69. The van der Waals surface area contributed by atoms with Crippen molar-refractivity contribution in [1.29, 1.82) is 0 Å². The fourth-order valence-corrected chi connectivity index (χ4v) is 11.8. The number of hydrogen-bond acceptors (Lipinski definition) is 19. The highest BCUT2D eigenvalue weighted by Gasteiger charge is 2.68. The van der Waals surface area contributed by atoms with Gasteiger partial charge in [-0.05, 0) is 89.9 Å². The van der Waals surface area contributed by atoms with E-state index in [1.165, 1.54) is 6.92 Å². The van der Waals surface area contributed by atoms with E-state index in [2.05, 4.69) is 22.6 Å². The van der Waals surface area contributed by atoms with E-state index in [1.54, 1.807) is 34.6 Å². The van der Waals surface area contributed by atoms with Crippen LogP contribution in [0.2, 0.25) is 0 Å². The van der Waals surface area contributed by atoms with Crippen LogP contribution in [0.4, 0.5) is 0 Å². The monoisotopic (exact) mass is 998 g/mol. The van der Waals surface area contributed by atoms with E-state index in [4.69, 9.17) is 23.7 Å². The van der Waals surface area contributed by atoms with E-state index in [-0.39, 0.29) is 112 Å². The van der Waals surface area contributed by atoms with Crippen LogP contribution in [0, 0.1) is 17.8 Å². The Balaban J connectivity index is 0.000000248. The van der Waals surface area contributed by atoms with E-state index >= 15 is 0 Å². The third-order valence-corrected chi connectivity index (χ3v) is 13.6. The molecule has 0 heterocycles. The molecule has 0 N–H and O–H groups in total. The number of carbonyl (C=O) groups is 12. The van der Waals surface area contributed by atoms with Gasteiger partial charge in [-0.25, -0.2) is 14.4 Å². The van der Waals surface area contributed by atoms with Gasteiger partial charge in [0.25, 0.3) is 0 Å². The molecule has 0 radical (unpaired) electrons. The molecule has 8 aliphatic carbocycles. The van der Waals surface area contributed by atoms with Crippen LogP contribution in [-0.4, -0.2) is 112 Å². The number of hydrogen-bond donors (Lipinski definition) is 0. The zero-order chi connectivity index (χ0) is 53.1. The van der Waals surface area contributed by atoms with Crippen LogP contribution in [0.15, 0.2) is 24.3 Å². The van der Waals surface area contributed by atoms with Gasteiger partial charge in [0, 0.05) is 63.0 Å². The Morgan fingerprint density at radius 3 is 1.10 bits per heavy atom. The summed E-state index contributed by atoms with van der Waals surface area (Å²) in [5.41, 5.74) is -3.39. The second-order valence-corrected chi connectivity index (χ2v) is 20.6. The Hall–Kier alpha value is -5.88. The average Bonchev–Trinajstić information content (AvgIpc) is 3.22. The van der Waals surface area contributed by atoms with Gasteiger partial charge in [0.15, 0.2) is 0 Å². The predicted molar refractivity (Wildman–Crippen MR) is 247 cm³/mol. The standard InChI is InChI=1S/C24H32O8.C19H26O5.C9H12O6/c1-5-17(25)7-19(27)30-22-9-16-10-23(12-22,31-20(28)8-18(26)6-2)14-24(11-16,13-22)32-21(29)15(3)4;1-4-15(20)6-16(21)23-18-7-13-5-14(8-18)10-19(9-13,11-18)24-17(22)12(2)3;1-6(10)5-8(12)14-3-4-15-9(13)7(2)11/h16H,3,5-14H2,1-2,4H3;13-14H,2,4-11H2,1,3H3;3-5H2,1-2H3. The molecule has 8 aliphatic rings. The van der Waals surface area contributed by atoms with Crippen LogP contribution in [-0.2, 0) is 90.7 Å². The maximum atomic E-state index is 12.5. The molecule has 71 heavy (non-hydrogen) atoms. The van der Waals surface area contributed by atoms with E-state index in [9.17, 15) is 57.5 Å². The lowest BCUT2D eigenvalue weighted by atomic mass is 9.50. The smallest absolute Gasteiger partial charge is 0.374 e. The summed E-state index contributed by atoms with van der Waals surface area (Å²) in [5, 5.41) is 0. The second-order valence-electron chi connectivity index (χ2n) is 20.6. The summed E-state index contributed by atoms with van der Waals surface area (Å²) < 4.78 is 38.2. The lowest BCUT2D eigenvalue weighted by Gasteiger charge is -2.63. The molecule has 0 aromatic heterocycles. The summed E-state index contributed by atoms with van der Waals surface area (Å²) in [6.45, 7) is 17.6. The molecule has 8 bridgehead atoms. The average molecular weight is 999 g/mol. The first kappa shape index (κ1) is 57.7. The summed E-state index contributed by atoms with van der Waals surface area (Å²) in [7, 11) is 0. The van der Waals surface area contributed by atoms with Gasteiger partial charge in [-0.2, -0.15) is 0 Å². The molecule has 4 atom stereocenters. The molecule has 0 aromatic carbocycles. The van der Waals surface area contributed by atoms with Crippen molar-refractivity contribution in [3.05, 3.63) is 24.3 Å². The Kier molecular flexibility index (Phi) is 19.5. The topological polar surface area (TPSA) is 269 Å². The SMILES string of the molecule is C=C(C)C(=O)OC12CC3CC(CC(OC(=O)CC(=O)CC)(C3)C1)C2.C=C(C)C(=O)OC12CC3CC(OC(=O)CC(=O)CC)(CC(OC(=O)CC(=O)CC)(C3)C1)C2.CC(=O)CC(=O)OCCOC(=O)C(C)=O. The zero-order valence-corrected chi connectivity index (χ0v) is 42.3. The molecule has 0 aromatic rings. The first-order chi connectivity index (χ1) is 33.1. The lowest BCUT2D eigenvalue weighted by molar-refractivity contribution is -0.271. The third-order valence-electron chi connectivity index (χ3n) is 13.6. The molecular weight excluding hydrogens is 929 g/mol. The maximum absolute atomic E-state index is 12.5. The largest absolute Gasteiger partial charge is 0.462 e. The number of ether oxygens (including phenoxy) is 7. The first-order valence-corrected chi connectivity index (χ1v) is 24.4. The van der Waals surface area contributed by atoms with Crippen LogP contribution in [0.5, 0.6) is 0 Å². The number of esters is 7. The minimum atomic E-state index is -0.991. The normalized spacial score (nSPS) is 28.7. The van der Waals surface area contributed by atoms with Crippen molar-refractivity contribution < 1.29 is 90.7 Å². The summed E-state index contributed by atoms with van der Waals surface area (Å²) in [4.78, 5) is 139. The van der Waals surface area contributed by atoms with Crippen LogP contribution in [0.1, 0.15) is 170 Å². The molecule has 392 valence electrons. The van der Waals surface area contributed by atoms with Crippen molar-refractivity contribution in [2.45, 2.75) is 198 Å². The third kappa shape index (κ3) is 16.3. The minimum absolute atomic E-state index is 0.00789. The molecule has 4 unspecified atom stereocenters. The van der Waals surface area contributed by atoms with Crippen molar-refractivity contribution in [3.63, 3.8) is 0 Å². The van der Waals surface area contributed by atoms with Gasteiger partial charge in [-0.1, -0.05) is 33.9 Å². The zero-order valence-electron chi connectivity index (χ0n) is 42.3. The van der Waals surface area contributed by atoms with E-state index < -0.39 is 69.6 Å². The van der Waals surface area contributed by atoms with Crippen LogP contribution < -0.4 is 0 Å². The quantitative estimate of drug-likeness (QED) is 0.0305. The number of carbonyl (C=O) groups excluding carboxylic acids is 12. The van der Waals surface area contributed by atoms with Crippen molar-refractivity contribution >= 4 is 70.7 Å². The fourth-order valence-electron chi connectivity index (χ4n) is 11.8. The molecule has 0 amide bonds. The summed E-state index contributed by atoms with van der Waals surface area (Å²) in [6, 6.07) is 0. The molecule has 8 fully saturated rings. The Bertz CT molecular complexity index is 2120. The van der Waals surface area contributed by atoms with E-state index in [0.29, 0.717) is 49.5 Å². The fraction of sp³-hybridized carbons (Fsp3) is 0.692. The minimum Gasteiger partial charge on any atom is -0.462 e. The summed E-state index contributed by atoms with van der Waals surface area (Å²) in [6.07, 6.45) is 7.22. The second kappa shape index (κ2) is 24.0. The van der Waals surface area contributed by atoms with Crippen molar-refractivity contribution in [3.8, 4) is 0 Å². The molecule has 19 nitrogen and oxygen atoms in total. The molecule has 0 spiro atoms. The van der Waals surface area contributed by atoms with E-state index in [1.807, 2.05) is 0 Å². The first-order valence-electron chi connectivity index (χ1n) is 24.4. The summed E-state index contributed by atoms with van der Waals surface area (Å²) >= 11 is 0.